The standard InChI is InChI=1S/C19H21FN2O2/c1-2-21-12-10-15(13-18(21)23)19(24)22-11-4-3-5-17(22)14-6-8-16(20)9-7-14/h6-10,12-13,17H,2-5,11H2,1H3/t17-/m1/s1. The van der Waals surface area contributed by atoms with Gasteiger partial charge in [0.2, 0.25) is 0 Å². The van der Waals surface area contributed by atoms with Crippen molar-refractivity contribution in [2.45, 2.75) is 38.8 Å². The highest BCUT2D eigenvalue weighted by atomic mass is 19.1. The number of likely N-dealkylation sites (tertiary alicyclic amines) is 1. The Balaban J connectivity index is 1.89. The number of aryl methyl sites for hydroxylation is 1. The summed E-state index contributed by atoms with van der Waals surface area (Å²) in [7, 11) is 0. The maximum Gasteiger partial charge on any atom is 0.254 e. The molecule has 0 spiro atoms. The Morgan fingerprint density at radius 3 is 2.62 bits per heavy atom. The smallest absolute Gasteiger partial charge is 0.254 e. The molecular weight excluding hydrogens is 307 g/mol. The molecule has 0 N–H and O–H groups in total. The van der Waals surface area contributed by atoms with Gasteiger partial charge in [0.1, 0.15) is 5.82 Å². The number of rotatable bonds is 3. The van der Waals surface area contributed by atoms with E-state index in [1.165, 1.54) is 18.2 Å². The fourth-order valence-corrected chi connectivity index (χ4v) is 3.27. The summed E-state index contributed by atoms with van der Waals surface area (Å²) >= 11 is 0. The molecule has 1 aromatic heterocycles. The lowest BCUT2D eigenvalue weighted by atomic mass is 9.94. The number of aromatic nitrogens is 1. The predicted octanol–water partition coefficient (Wildman–Crippen LogP) is 3.37. The van der Waals surface area contributed by atoms with Crippen LogP contribution in [0, 0.1) is 5.82 Å². The normalized spacial score (nSPS) is 17.8. The third kappa shape index (κ3) is 3.25. The van der Waals surface area contributed by atoms with Crippen molar-refractivity contribution in [3.8, 4) is 0 Å². The Morgan fingerprint density at radius 2 is 1.96 bits per heavy atom. The van der Waals surface area contributed by atoms with Crippen molar-refractivity contribution in [1.82, 2.24) is 9.47 Å². The minimum absolute atomic E-state index is 0.0690. The van der Waals surface area contributed by atoms with E-state index in [4.69, 9.17) is 0 Å². The Morgan fingerprint density at radius 1 is 1.21 bits per heavy atom. The van der Waals surface area contributed by atoms with Gasteiger partial charge < -0.3 is 9.47 Å². The molecule has 24 heavy (non-hydrogen) atoms. The number of carbonyl (C=O) groups excluding carboxylic acids is 1. The van der Waals surface area contributed by atoms with Gasteiger partial charge in [-0.25, -0.2) is 4.39 Å². The summed E-state index contributed by atoms with van der Waals surface area (Å²) in [4.78, 5) is 26.7. The molecule has 2 aromatic rings. The topological polar surface area (TPSA) is 42.3 Å². The number of hydrogen-bond donors (Lipinski definition) is 0. The van der Waals surface area contributed by atoms with Crippen LogP contribution in [0.5, 0.6) is 0 Å². The first-order valence-electron chi connectivity index (χ1n) is 8.37. The lowest BCUT2D eigenvalue weighted by molar-refractivity contribution is 0.0611. The molecule has 2 heterocycles. The molecule has 0 aliphatic carbocycles. The summed E-state index contributed by atoms with van der Waals surface area (Å²) in [6, 6.07) is 9.36. The number of piperidine rings is 1. The Hall–Kier alpha value is -2.43. The molecule has 1 aromatic carbocycles. The van der Waals surface area contributed by atoms with Crippen molar-refractivity contribution < 1.29 is 9.18 Å². The van der Waals surface area contributed by atoms with E-state index in [0.29, 0.717) is 18.7 Å². The first-order chi connectivity index (χ1) is 11.6. The molecule has 1 saturated heterocycles. The van der Waals surface area contributed by atoms with Crippen molar-refractivity contribution in [2.75, 3.05) is 6.54 Å². The summed E-state index contributed by atoms with van der Waals surface area (Å²) in [5.41, 5.74) is 1.18. The van der Waals surface area contributed by atoms with Crippen LogP contribution in [0.2, 0.25) is 0 Å². The summed E-state index contributed by atoms with van der Waals surface area (Å²) in [5.74, 6) is -0.417. The van der Waals surface area contributed by atoms with Gasteiger partial charge in [0.15, 0.2) is 0 Å². The van der Waals surface area contributed by atoms with E-state index >= 15 is 0 Å². The molecule has 1 amide bonds. The quantitative estimate of drug-likeness (QED) is 0.867. The van der Waals surface area contributed by atoms with Gasteiger partial charge in [-0.1, -0.05) is 12.1 Å². The zero-order chi connectivity index (χ0) is 17.1. The third-order valence-corrected chi connectivity index (χ3v) is 4.60. The fraction of sp³-hybridized carbons (Fsp3) is 0.368. The van der Waals surface area contributed by atoms with Crippen LogP contribution in [0.25, 0.3) is 0 Å². The largest absolute Gasteiger partial charge is 0.332 e. The van der Waals surface area contributed by atoms with E-state index in [9.17, 15) is 14.0 Å². The lowest BCUT2D eigenvalue weighted by Gasteiger charge is -2.36. The van der Waals surface area contributed by atoms with Crippen LogP contribution < -0.4 is 5.56 Å². The summed E-state index contributed by atoms with van der Waals surface area (Å²) < 4.78 is 14.7. The third-order valence-electron chi connectivity index (χ3n) is 4.60. The fourth-order valence-electron chi connectivity index (χ4n) is 3.27. The van der Waals surface area contributed by atoms with Gasteiger partial charge in [-0.15, -0.1) is 0 Å². The zero-order valence-corrected chi connectivity index (χ0v) is 13.7. The molecule has 3 rings (SSSR count). The van der Waals surface area contributed by atoms with Gasteiger partial charge in [-0.3, -0.25) is 9.59 Å². The molecule has 126 valence electrons. The van der Waals surface area contributed by atoms with E-state index in [2.05, 4.69) is 0 Å². The van der Waals surface area contributed by atoms with E-state index in [-0.39, 0.29) is 23.3 Å². The highest BCUT2D eigenvalue weighted by Gasteiger charge is 2.28. The number of benzene rings is 1. The second-order valence-electron chi connectivity index (χ2n) is 6.10. The molecule has 0 saturated carbocycles. The number of carbonyl (C=O) groups is 1. The molecule has 0 unspecified atom stereocenters. The van der Waals surface area contributed by atoms with E-state index < -0.39 is 0 Å². The predicted molar refractivity (Wildman–Crippen MR) is 90.4 cm³/mol. The van der Waals surface area contributed by atoms with E-state index in [1.54, 1.807) is 29.0 Å². The summed E-state index contributed by atoms with van der Waals surface area (Å²) in [6.45, 7) is 3.12. The zero-order valence-electron chi connectivity index (χ0n) is 13.7. The summed E-state index contributed by atoms with van der Waals surface area (Å²) in [5, 5.41) is 0. The van der Waals surface area contributed by atoms with Crippen LogP contribution in [0.15, 0.2) is 47.4 Å². The highest BCUT2D eigenvalue weighted by Crippen LogP contribution is 2.32. The minimum Gasteiger partial charge on any atom is -0.332 e. The summed E-state index contributed by atoms with van der Waals surface area (Å²) in [6.07, 6.45) is 4.48. The van der Waals surface area contributed by atoms with Gasteiger partial charge in [0.25, 0.3) is 11.5 Å². The molecular formula is C19H21FN2O2. The van der Waals surface area contributed by atoms with Crippen LogP contribution in [0.3, 0.4) is 0 Å². The van der Waals surface area contributed by atoms with Crippen molar-refractivity contribution >= 4 is 5.91 Å². The first-order valence-corrected chi connectivity index (χ1v) is 8.37. The first kappa shape index (κ1) is 16.4. The Bertz CT molecular complexity index is 783. The molecule has 1 atom stereocenters. The maximum absolute atomic E-state index is 13.2. The average Bonchev–Trinajstić information content (AvgIpc) is 2.62. The highest BCUT2D eigenvalue weighted by molar-refractivity contribution is 5.94. The monoisotopic (exact) mass is 328 g/mol. The molecule has 1 aliphatic heterocycles. The lowest BCUT2D eigenvalue weighted by Crippen LogP contribution is -2.39. The number of nitrogens with zero attached hydrogens (tertiary/aromatic N) is 2. The molecule has 5 heteroatoms. The number of pyridine rings is 1. The minimum atomic E-state index is -0.282. The van der Waals surface area contributed by atoms with Gasteiger partial charge in [0.05, 0.1) is 6.04 Å². The molecule has 0 bridgehead atoms. The molecule has 0 radical (unpaired) electrons. The number of amides is 1. The van der Waals surface area contributed by atoms with Crippen LogP contribution in [-0.2, 0) is 6.54 Å². The van der Waals surface area contributed by atoms with Crippen molar-refractivity contribution in [3.63, 3.8) is 0 Å². The average molecular weight is 328 g/mol. The second kappa shape index (κ2) is 6.99. The molecule has 1 fully saturated rings. The van der Waals surface area contributed by atoms with Crippen LogP contribution in [0.1, 0.15) is 48.1 Å². The van der Waals surface area contributed by atoms with Crippen LogP contribution in [-0.4, -0.2) is 21.9 Å². The SMILES string of the molecule is CCn1ccc(C(=O)N2CCCC[C@@H]2c2ccc(F)cc2)cc1=O. The van der Waals surface area contributed by atoms with Crippen LogP contribution >= 0.6 is 0 Å². The molecule has 4 nitrogen and oxygen atoms in total. The van der Waals surface area contributed by atoms with Crippen molar-refractivity contribution in [1.29, 1.82) is 0 Å². The van der Waals surface area contributed by atoms with Gasteiger partial charge in [-0.05, 0) is 49.9 Å². The number of halogens is 1. The Kier molecular flexibility index (Phi) is 4.79. The van der Waals surface area contributed by atoms with Gasteiger partial charge in [0, 0.05) is 30.9 Å². The van der Waals surface area contributed by atoms with Gasteiger partial charge in [-0.2, -0.15) is 0 Å². The van der Waals surface area contributed by atoms with Crippen molar-refractivity contribution in [2.24, 2.45) is 0 Å². The van der Waals surface area contributed by atoms with Crippen LogP contribution in [0.4, 0.5) is 4.39 Å². The van der Waals surface area contributed by atoms with E-state index in [1.807, 2.05) is 11.8 Å². The van der Waals surface area contributed by atoms with Gasteiger partial charge >= 0.3 is 0 Å². The van der Waals surface area contributed by atoms with E-state index in [0.717, 1.165) is 24.8 Å². The van der Waals surface area contributed by atoms with Crippen molar-refractivity contribution in [3.05, 3.63) is 69.9 Å². The maximum atomic E-state index is 13.2. The Labute approximate surface area is 140 Å². The molecule has 1 aliphatic rings. The number of hydrogen-bond acceptors (Lipinski definition) is 2. The second-order valence-corrected chi connectivity index (χ2v) is 6.10.